The number of hydrogen-bond donors (Lipinski definition) is 1. The Morgan fingerprint density at radius 2 is 1.82 bits per heavy atom. The lowest BCUT2D eigenvalue weighted by molar-refractivity contribution is -0.113. The minimum Gasteiger partial charge on any atom is -0.431 e. The van der Waals surface area contributed by atoms with Crippen LogP contribution in [0.5, 0.6) is 0 Å². The molecule has 1 N–H and O–H groups in total. The highest BCUT2D eigenvalue weighted by Crippen LogP contribution is 2.26. The van der Waals surface area contributed by atoms with E-state index in [0.717, 1.165) is 17.7 Å². The lowest BCUT2D eigenvalue weighted by Gasteiger charge is -2.11. The van der Waals surface area contributed by atoms with Gasteiger partial charge in [0.25, 0.3) is 5.22 Å². The van der Waals surface area contributed by atoms with Crippen LogP contribution in [0.2, 0.25) is 5.02 Å². The van der Waals surface area contributed by atoms with Crippen LogP contribution in [-0.2, 0) is 11.2 Å². The number of fused-ring (bicyclic) bond motifs is 1. The molecule has 0 spiro atoms. The van der Waals surface area contributed by atoms with Crippen LogP contribution < -0.4 is 5.32 Å². The Balaban J connectivity index is 1.41. The van der Waals surface area contributed by atoms with Gasteiger partial charge in [0.05, 0.1) is 5.75 Å². The van der Waals surface area contributed by atoms with Gasteiger partial charge in [0, 0.05) is 10.7 Å². The third-order valence-corrected chi connectivity index (χ3v) is 5.25. The van der Waals surface area contributed by atoms with E-state index in [4.69, 9.17) is 16.0 Å². The van der Waals surface area contributed by atoms with Crippen LogP contribution in [-0.4, -0.2) is 16.6 Å². The average Bonchev–Trinajstić information content (AvgIpc) is 3.11. The zero-order chi connectivity index (χ0) is 19.3. The minimum absolute atomic E-state index is 0.106. The summed E-state index contributed by atoms with van der Waals surface area (Å²) in [6, 6.07) is 23.3. The monoisotopic (exact) mass is 408 g/mol. The molecule has 0 aliphatic heterocycles. The molecule has 4 rings (SSSR count). The molecule has 0 radical (unpaired) electrons. The van der Waals surface area contributed by atoms with Crippen molar-refractivity contribution in [1.82, 2.24) is 4.98 Å². The molecule has 0 aliphatic carbocycles. The summed E-state index contributed by atoms with van der Waals surface area (Å²) in [5, 5.41) is 4.04. The van der Waals surface area contributed by atoms with Crippen LogP contribution in [0.15, 0.2) is 82.4 Å². The van der Waals surface area contributed by atoms with Gasteiger partial charge in [-0.15, -0.1) is 0 Å². The molecule has 1 amide bonds. The summed E-state index contributed by atoms with van der Waals surface area (Å²) < 4.78 is 5.64. The van der Waals surface area contributed by atoms with Gasteiger partial charge in [0.1, 0.15) is 5.52 Å². The quantitative estimate of drug-likeness (QED) is 0.409. The van der Waals surface area contributed by atoms with Crippen molar-refractivity contribution in [3.05, 3.63) is 88.9 Å². The molecule has 1 aromatic heterocycles. The van der Waals surface area contributed by atoms with Gasteiger partial charge < -0.3 is 9.73 Å². The number of halogens is 1. The van der Waals surface area contributed by atoms with Gasteiger partial charge in [-0.25, -0.2) is 4.98 Å². The minimum atomic E-state index is -0.106. The van der Waals surface area contributed by atoms with E-state index in [0.29, 0.717) is 21.3 Å². The SMILES string of the molecule is O=C(CSc1nc2cc(Cl)ccc2o1)Nc1ccccc1Cc1ccccc1. The molecule has 0 fully saturated rings. The van der Waals surface area contributed by atoms with Crippen molar-refractivity contribution >= 4 is 46.1 Å². The fourth-order valence-electron chi connectivity index (χ4n) is 2.87. The first-order chi connectivity index (χ1) is 13.7. The van der Waals surface area contributed by atoms with Gasteiger partial charge in [-0.2, -0.15) is 0 Å². The molecule has 0 unspecified atom stereocenters. The predicted molar refractivity (Wildman–Crippen MR) is 114 cm³/mol. The molecular formula is C22H17ClN2O2S. The summed E-state index contributed by atoms with van der Waals surface area (Å²) in [5.74, 6) is 0.103. The topological polar surface area (TPSA) is 55.1 Å². The number of nitrogens with zero attached hydrogens (tertiary/aromatic N) is 1. The molecular weight excluding hydrogens is 392 g/mol. The number of carbonyl (C=O) groups is 1. The maximum absolute atomic E-state index is 12.4. The Morgan fingerprint density at radius 3 is 2.68 bits per heavy atom. The molecule has 0 saturated carbocycles. The van der Waals surface area contributed by atoms with Crippen LogP contribution in [0.1, 0.15) is 11.1 Å². The number of hydrogen-bond acceptors (Lipinski definition) is 4. The zero-order valence-corrected chi connectivity index (χ0v) is 16.5. The summed E-state index contributed by atoms with van der Waals surface area (Å²) >= 11 is 7.22. The molecule has 28 heavy (non-hydrogen) atoms. The van der Waals surface area contributed by atoms with Gasteiger partial charge in [0.2, 0.25) is 5.91 Å². The molecule has 6 heteroatoms. The van der Waals surface area contributed by atoms with E-state index in [-0.39, 0.29) is 11.7 Å². The standard InChI is InChI=1S/C22H17ClN2O2S/c23-17-10-11-20-19(13-17)25-22(27-20)28-14-21(26)24-18-9-5-4-8-16(18)12-15-6-2-1-3-7-15/h1-11,13H,12,14H2,(H,24,26). The fraction of sp³-hybridized carbons (Fsp3) is 0.0909. The normalized spacial score (nSPS) is 10.9. The number of rotatable bonds is 6. The highest BCUT2D eigenvalue weighted by molar-refractivity contribution is 7.99. The zero-order valence-electron chi connectivity index (χ0n) is 14.9. The van der Waals surface area contributed by atoms with Crippen molar-refractivity contribution in [2.75, 3.05) is 11.1 Å². The fourth-order valence-corrected chi connectivity index (χ4v) is 3.67. The Bertz CT molecular complexity index is 1110. The van der Waals surface area contributed by atoms with Gasteiger partial charge in [-0.3, -0.25) is 4.79 Å². The van der Waals surface area contributed by atoms with E-state index < -0.39 is 0 Å². The largest absolute Gasteiger partial charge is 0.431 e. The molecule has 3 aromatic carbocycles. The number of nitrogens with one attached hydrogen (secondary N) is 1. The van der Waals surface area contributed by atoms with Gasteiger partial charge >= 0.3 is 0 Å². The Hall–Kier alpha value is -2.76. The van der Waals surface area contributed by atoms with Crippen LogP contribution in [0, 0.1) is 0 Å². The Morgan fingerprint density at radius 1 is 1.04 bits per heavy atom. The molecule has 0 aliphatic rings. The summed E-state index contributed by atoms with van der Waals surface area (Å²) in [5.41, 5.74) is 4.43. The molecule has 4 nitrogen and oxygen atoms in total. The van der Waals surface area contributed by atoms with E-state index in [9.17, 15) is 4.79 Å². The van der Waals surface area contributed by atoms with Gasteiger partial charge in [0.15, 0.2) is 5.58 Å². The maximum Gasteiger partial charge on any atom is 0.257 e. The van der Waals surface area contributed by atoms with Gasteiger partial charge in [-0.1, -0.05) is 71.9 Å². The van der Waals surface area contributed by atoms with E-state index in [2.05, 4.69) is 22.4 Å². The van der Waals surface area contributed by atoms with Crippen molar-refractivity contribution < 1.29 is 9.21 Å². The van der Waals surface area contributed by atoms with Gasteiger partial charge in [-0.05, 0) is 41.8 Å². The predicted octanol–water partition coefficient (Wildman–Crippen LogP) is 5.80. The highest BCUT2D eigenvalue weighted by Gasteiger charge is 2.11. The molecule has 4 aromatic rings. The molecule has 140 valence electrons. The number of aromatic nitrogens is 1. The molecule has 1 heterocycles. The lowest BCUT2D eigenvalue weighted by atomic mass is 10.0. The Kier molecular flexibility index (Phi) is 5.65. The van der Waals surface area contributed by atoms with Crippen molar-refractivity contribution in [3.63, 3.8) is 0 Å². The average molecular weight is 409 g/mol. The van der Waals surface area contributed by atoms with Crippen molar-refractivity contribution in [2.45, 2.75) is 11.6 Å². The first-order valence-corrected chi connectivity index (χ1v) is 10.1. The molecule has 0 atom stereocenters. The second-order valence-corrected chi connectivity index (χ2v) is 7.61. The lowest BCUT2D eigenvalue weighted by Crippen LogP contribution is -2.15. The van der Waals surface area contributed by atoms with Crippen LogP contribution in [0.3, 0.4) is 0 Å². The first-order valence-electron chi connectivity index (χ1n) is 8.78. The summed E-state index contributed by atoms with van der Waals surface area (Å²) in [6.07, 6.45) is 0.760. The van der Waals surface area contributed by atoms with Crippen LogP contribution >= 0.6 is 23.4 Å². The third-order valence-electron chi connectivity index (χ3n) is 4.19. The van der Waals surface area contributed by atoms with Crippen LogP contribution in [0.25, 0.3) is 11.1 Å². The maximum atomic E-state index is 12.4. The van der Waals surface area contributed by atoms with E-state index in [1.165, 1.54) is 17.3 Å². The van der Waals surface area contributed by atoms with E-state index in [1.54, 1.807) is 18.2 Å². The number of para-hydroxylation sites is 1. The van der Waals surface area contributed by atoms with E-state index >= 15 is 0 Å². The highest BCUT2D eigenvalue weighted by atomic mass is 35.5. The van der Waals surface area contributed by atoms with E-state index in [1.807, 2.05) is 42.5 Å². The second-order valence-electron chi connectivity index (χ2n) is 6.25. The van der Waals surface area contributed by atoms with Crippen molar-refractivity contribution in [2.24, 2.45) is 0 Å². The summed E-state index contributed by atoms with van der Waals surface area (Å²) in [7, 11) is 0. The molecule has 0 bridgehead atoms. The summed E-state index contributed by atoms with van der Waals surface area (Å²) in [4.78, 5) is 16.8. The van der Waals surface area contributed by atoms with Crippen LogP contribution in [0.4, 0.5) is 5.69 Å². The van der Waals surface area contributed by atoms with Crippen molar-refractivity contribution in [3.8, 4) is 0 Å². The van der Waals surface area contributed by atoms with Crippen molar-refractivity contribution in [1.29, 1.82) is 0 Å². The first kappa shape index (κ1) is 18.6. The molecule has 0 saturated heterocycles. The second kappa shape index (κ2) is 8.50. The number of thioether (sulfide) groups is 1. The Labute approximate surface area is 171 Å². The smallest absolute Gasteiger partial charge is 0.257 e. The number of carbonyl (C=O) groups excluding carboxylic acids is 1. The number of oxazole rings is 1. The third kappa shape index (κ3) is 4.55. The number of anilines is 1. The summed E-state index contributed by atoms with van der Waals surface area (Å²) in [6.45, 7) is 0. The number of benzene rings is 3. The number of amides is 1.